The van der Waals surface area contributed by atoms with Crippen LogP contribution in [0.25, 0.3) is 10.9 Å². The van der Waals surface area contributed by atoms with Crippen molar-refractivity contribution in [3.63, 3.8) is 0 Å². The van der Waals surface area contributed by atoms with Crippen LogP contribution in [0.2, 0.25) is 0 Å². The zero-order valence-electron chi connectivity index (χ0n) is 16.8. The van der Waals surface area contributed by atoms with E-state index in [1.165, 1.54) is 18.1 Å². The van der Waals surface area contributed by atoms with E-state index in [0.29, 0.717) is 0 Å². The molecule has 0 spiro atoms. The molecule has 3 N–H and O–H groups in total. The third-order valence-electron chi connectivity index (χ3n) is 4.65. The van der Waals surface area contributed by atoms with Crippen molar-refractivity contribution in [3.05, 3.63) is 35.0 Å². The number of carboxylic acids is 1. The molecule has 0 unspecified atom stereocenters. The number of carbonyl (C=O) groups excluding carboxylic acids is 1. The normalized spacial score (nSPS) is 13.7. The fourth-order valence-electron chi connectivity index (χ4n) is 3.15. The van der Waals surface area contributed by atoms with Crippen LogP contribution in [-0.2, 0) is 26.8 Å². The SMILES string of the molecule is CC(=O)N[C@@H](Cc1c[nH]c2c(C(C)(C)C)cc(C(C)(C)C)cc12)C(=O)O. The minimum atomic E-state index is -1.03. The summed E-state index contributed by atoms with van der Waals surface area (Å²) < 4.78 is 0. The Balaban J connectivity index is 2.62. The van der Waals surface area contributed by atoms with Crippen LogP contribution in [0.1, 0.15) is 65.2 Å². The molecule has 26 heavy (non-hydrogen) atoms. The predicted molar refractivity (Wildman–Crippen MR) is 105 cm³/mol. The molecule has 2 aromatic rings. The van der Waals surface area contributed by atoms with Crippen LogP contribution in [0.4, 0.5) is 0 Å². The maximum atomic E-state index is 11.5. The van der Waals surface area contributed by atoms with Crippen LogP contribution < -0.4 is 5.32 Å². The number of amides is 1. The Hall–Kier alpha value is -2.30. The summed E-state index contributed by atoms with van der Waals surface area (Å²) in [7, 11) is 0. The Labute approximate surface area is 155 Å². The van der Waals surface area contributed by atoms with Gasteiger partial charge in [-0.3, -0.25) is 4.79 Å². The topological polar surface area (TPSA) is 82.2 Å². The van der Waals surface area contributed by atoms with Crippen LogP contribution in [-0.4, -0.2) is 28.0 Å². The Kier molecular flexibility index (Phi) is 5.22. The maximum Gasteiger partial charge on any atom is 0.326 e. The zero-order chi connectivity index (χ0) is 19.9. The number of hydrogen-bond acceptors (Lipinski definition) is 2. The first-order valence-corrected chi connectivity index (χ1v) is 8.95. The highest BCUT2D eigenvalue weighted by Crippen LogP contribution is 2.36. The molecule has 0 aliphatic heterocycles. The van der Waals surface area contributed by atoms with E-state index in [1.54, 1.807) is 0 Å². The van der Waals surface area contributed by atoms with Crippen LogP contribution in [0.3, 0.4) is 0 Å². The highest BCUT2D eigenvalue weighted by atomic mass is 16.4. The third kappa shape index (κ3) is 4.26. The lowest BCUT2D eigenvalue weighted by Gasteiger charge is -2.26. The van der Waals surface area contributed by atoms with Crippen molar-refractivity contribution in [3.8, 4) is 0 Å². The number of rotatable bonds is 4. The standard InChI is InChI=1S/C21H30N2O3/c1-12(24)23-17(19(25)26)8-13-11-22-18-15(13)9-14(20(2,3)4)10-16(18)21(5,6)7/h9-11,17,22H,8H2,1-7H3,(H,23,24)(H,25,26)/t17-/m0/s1. The molecule has 1 amide bonds. The summed E-state index contributed by atoms with van der Waals surface area (Å²) >= 11 is 0. The number of fused-ring (bicyclic) bond motifs is 1. The van der Waals surface area contributed by atoms with E-state index < -0.39 is 12.0 Å². The lowest BCUT2D eigenvalue weighted by Crippen LogP contribution is -2.41. The van der Waals surface area contributed by atoms with Crippen molar-refractivity contribution in [1.82, 2.24) is 10.3 Å². The van der Waals surface area contributed by atoms with Crippen LogP contribution in [0, 0.1) is 0 Å². The van der Waals surface area contributed by atoms with Crippen LogP contribution in [0.15, 0.2) is 18.3 Å². The summed E-state index contributed by atoms with van der Waals surface area (Å²) in [5.74, 6) is -1.37. The van der Waals surface area contributed by atoms with Gasteiger partial charge in [0.15, 0.2) is 0 Å². The molecule has 1 atom stereocenters. The molecule has 2 rings (SSSR count). The molecule has 0 radical (unpaired) electrons. The smallest absolute Gasteiger partial charge is 0.326 e. The molecule has 5 heteroatoms. The molecule has 0 aliphatic carbocycles. The van der Waals surface area contributed by atoms with Gasteiger partial charge in [-0.1, -0.05) is 47.6 Å². The van der Waals surface area contributed by atoms with Crippen molar-refractivity contribution in [2.45, 2.75) is 71.8 Å². The van der Waals surface area contributed by atoms with Crippen molar-refractivity contribution in [2.24, 2.45) is 0 Å². The molecule has 0 saturated carbocycles. The molecular weight excluding hydrogens is 328 g/mol. The molecule has 0 saturated heterocycles. The van der Waals surface area contributed by atoms with Gasteiger partial charge in [0, 0.05) is 30.4 Å². The summed E-state index contributed by atoms with van der Waals surface area (Å²) in [4.78, 5) is 26.2. The van der Waals surface area contributed by atoms with Gasteiger partial charge in [-0.25, -0.2) is 4.79 Å². The number of H-pyrrole nitrogens is 1. The van der Waals surface area contributed by atoms with Crippen LogP contribution >= 0.6 is 0 Å². The van der Waals surface area contributed by atoms with E-state index in [1.807, 2.05) is 6.20 Å². The molecule has 0 fully saturated rings. The van der Waals surface area contributed by atoms with Gasteiger partial charge in [0.1, 0.15) is 6.04 Å². The van der Waals surface area contributed by atoms with Gasteiger partial charge in [-0.05, 0) is 33.6 Å². The van der Waals surface area contributed by atoms with E-state index in [0.717, 1.165) is 16.5 Å². The van der Waals surface area contributed by atoms with E-state index in [-0.39, 0.29) is 23.2 Å². The number of carbonyl (C=O) groups is 2. The van der Waals surface area contributed by atoms with Gasteiger partial charge in [-0.15, -0.1) is 0 Å². The lowest BCUT2D eigenvalue weighted by atomic mass is 9.79. The molecule has 5 nitrogen and oxygen atoms in total. The largest absolute Gasteiger partial charge is 0.480 e. The fourth-order valence-corrected chi connectivity index (χ4v) is 3.15. The average Bonchev–Trinajstić information content (AvgIpc) is 2.86. The molecule has 1 heterocycles. The molecule has 1 aromatic heterocycles. The highest BCUT2D eigenvalue weighted by Gasteiger charge is 2.26. The maximum absolute atomic E-state index is 11.5. The van der Waals surface area contributed by atoms with Gasteiger partial charge < -0.3 is 15.4 Å². The summed E-state index contributed by atoms with van der Waals surface area (Å²) in [5, 5.41) is 13.0. The molecule has 1 aromatic carbocycles. The van der Waals surface area contributed by atoms with E-state index in [9.17, 15) is 14.7 Å². The number of aromatic nitrogens is 1. The molecular formula is C21H30N2O3. The minimum absolute atomic E-state index is 0.0213. The first-order valence-electron chi connectivity index (χ1n) is 8.95. The Morgan fingerprint density at radius 2 is 1.73 bits per heavy atom. The van der Waals surface area contributed by atoms with Gasteiger partial charge >= 0.3 is 5.97 Å². The van der Waals surface area contributed by atoms with E-state index >= 15 is 0 Å². The quantitative estimate of drug-likeness (QED) is 0.775. The summed E-state index contributed by atoms with van der Waals surface area (Å²) in [6.07, 6.45) is 2.11. The zero-order valence-corrected chi connectivity index (χ0v) is 16.8. The number of carboxylic acid groups (broad SMARTS) is 1. The van der Waals surface area contributed by atoms with Gasteiger partial charge in [0.25, 0.3) is 0 Å². The molecule has 142 valence electrons. The van der Waals surface area contributed by atoms with Crippen molar-refractivity contribution >= 4 is 22.8 Å². The lowest BCUT2D eigenvalue weighted by molar-refractivity contribution is -0.141. The van der Waals surface area contributed by atoms with Gasteiger partial charge in [-0.2, -0.15) is 0 Å². The number of aromatic amines is 1. The van der Waals surface area contributed by atoms with Crippen molar-refractivity contribution in [2.75, 3.05) is 0 Å². The van der Waals surface area contributed by atoms with Gasteiger partial charge in [0.05, 0.1) is 0 Å². The number of benzene rings is 1. The summed E-state index contributed by atoms with van der Waals surface area (Å²) in [5.41, 5.74) is 4.28. The fraction of sp³-hybridized carbons (Fsp3) is 0.524. The monoisotopic (exact) mass is 358 g/mol. The Bertz CT molecular complexity index is 835. The van der Waals surface area contributed by atoms with Crippen molar-refractivity contribution in [1.29, 1.82) is 0 Å². The first-order chi connectivity index (χ1) is 11.8. The predicted octanol–water partition coefficient (Wildman–Crippen LogP) is 3.89. The van der Waals surface area contributed by atoms with Gasteiger partial charge in [0.2, 0.25) is 5.91 Å². The number of aliphatic carboxylic acids is 1. The summed E-state index contributed by atoms with van der Waals surface area (Å²) in [6, 6.07) is 3.44. The summed E-state index contributed by atoms with van der Waals surface area (Å²) in [6.45, 7) is 14.4. The van der Waals surface area contributed by atoms with E-state index in [4.69, 9.17) is 0 Å². The number of hydrogen-bond donors (Lipinski definition) is 3. The second-order valence-corrected chi connectivity index (χ2v) is 9.06. The highest BCUT2D eigenvalue weighted by molar-refractivity contribution is 5.89. The molecule has 0 aliphatic rings. The Morgan fingerprint density at radius 1 is 1.12 bits per heavy atom. The minimum Gasteiger partial charge on any atom is -0.480 e. The average molecular weight is 358 g/mol. The number of nitrogens with one attached hydrogen (secondary N) is 2. The van der Waals surface area contributed by atoms with Crippen LogP contribution in [0.5, 0.6) is 0 Å². The Morgan fingerprint density at radius 3 is 2.19 bits per heavy atom. The van der Waals surface area contributed by atoms with E-state index in [2.05, 4.69) is 64.0 Å². The third-order valence-corrected chi connectivity index (χ3v) is 4.65. The first kappa shape index (κ1) is 20.0. The molecule has 0 bridgehead atoms. The second kappa shape index (κ2) is 6.78. The van der Waals surface area contributed by atoms with Crippen molar-refractivity contribution < 1.29 is 14.7 Å². The second-order valence-electron chi connectivity index (χ2n) is 9.06.